The van der Waals surface area contributed by atoms with Gasteiger partial charge in [-0.2, -0.15) is 0 Å². The van der Waals surface area contributed by atoms with Crippen LogP contribution in [0.15, 0.2) is 22.7 Å². The Labute approximate surface area is 71.9 Å². The van der Waals surface area contributed by atoms with Crippen LogP contribution in [-0.4, -0.2) is 5.91 Å². The van der Waals surface area contributed by atoms with E-state index in [4.69, 9.17) is 0 Å². The van der Waals surface area contributed by atoms with Gasteiger partial charge in [-0.05, 0) is 18.2 Å². The summed E-state index contributed by atoms with van der Waals surface area (Å²) < 4.78 is 1.05. The molecule has 3 heteroatoms. The van der Waals surface area contributed by atoms with Crippen LogP contribution in [-0.2, 0) is 4.79 Å². The first-order valence-corrected chi connectivity index (χ1v) is 4.21. The molecule has 3 rings (SSSR count). The van der Waals surface area contributed by atoms with E-state index in [1.54, 1.807) is 0 Å². The Balaban J connectivity index is 2.22. The molecule has 1 amide bonds. The fraction of sp³-hybridized carbons (Fsp3) is 0.125. The van der Waals surface area contributed by atoms with Gasteiger partial charge in [-0.3, -0.25) is 9.69 Å². The molecule has 1 atom stereocenters. The lowest BCUT2D eigenvalue weighted by Gasteiger charge is -2.16. The summed E-state index contributed by atoms with van der Waals surface area (Å²) >= 11 is 3.37. The van der Waals surface area contributed by atoms with Crippen molar-refractivity contribution < 1.29 is 4.79 Å². The standard InChI is InChI=1S/C8H4BrNO/c9-4-1-2-6-5(3-4)7-8(11)10(6)7/h1-3,7H. The minimum absolute atomic E-state index is 0.113. The maximum atomic E-state index is 11.0. The van der Waals surface area contributed by atoms with Crippen LogP contribution in [0.2, 0.25) is 0 Å². The molecule has 2 aliphatic heterocycles. The molecule has 1 saturated heterocycles. The van der Waals surface area contributed by atoms with Crippen molar-refractivity contribution in [3.63, 3.8) is 0 Å². The number of carbonyl (C=O) groups is 1. The first-order valence-electron chi connectivity index (χ1n) is 3.41. The lowest BCUT2D eigenvalue weighted by Crippen LogP contribution is -2.07. The highest BCUT2D eigenvalue weighted by Crippen LogP contribution is 2.55. The van der Waals surface area contributed by atoms with E-state index in [2.05, 4.69) is 15.9 Å². The molecule has 2 aliphatic rings. The van der Waals surface area contributed by atoms with Gasteiger partial charge in [0.05, 0.1) is 5.69 Å². The highest BCUT2D eigenvalue weighted by atomic mass is 79.9. The topological polar surface area (TPSA) is 20.1 Å². The smallest absolute Gasteiger partial charge is 0.255 e. The molecule has 11 heavy (non-hydrogen) atoms. The number of benzene rings is 1. The maximum absolute atomic E-state index is 11.0. The van der Waals surface area contributed by atoms with Crippen LogP contribution in [0, 0.1) is 0 Å². The third-order valence-electron chi connectivity index (χ3n) is 2.21. The number of hydrogen-bond donors (Lipinski definition) is 0. The molecule has 0 radical (unpaired) electrons. The molecule has 0 N–H and O–H groups in total. The first kappa shape index (κ1) is 5.77. The molecule has 1 aromatic rings. The Kier molecular flexibility index (Phi) is 0.790. The van der Waals surface area contributed by atoms with Crippen molar-refractivity contribution in [2.45, 2.75) is 6.04 Å². The number of hydrogen-bond acceptors (Lipinski definition) is 1. The zero-order valence-electron chi connectivity index (χ0n) is 5.54. The van der Waals surface area contributed by atoms with Gasteiger partial charge in [-0.1, -0.05) is 15.9 Å². The Morgan fingerprint density at radius 2 is 2.27 bits per heavy atom. The van der Waals surface area contributed by atoms with Gasteiger partial charge in [0.1, 0.15) is 6.04 Å². The molecule has 54 valence electrons. The van der Waals surface area contributed by atoms with Gasteiger partial charge in [0, 0.05) is 10.0 Å². The summed E-state index contributed by atoms with van der Waals surface area (Å²) in [6, 6.07) is 6.06. The average Bonchev–Trinajstić information content (AvgIpc) is 2.52. The molecule has 0 spiro atoms. The molecule has 0 aromatic heterocycles. The summed E-state index contributed by atoms with van der Waals surface area (Å²) in [6.07, 6.45) is 0. The van der Waals surface area contributed by atoms with Crippen LogP contribution in [0.5, 0.6) is 0 Å². The van der Waals surface area contributed by atoms with Gasteiger partial charge >= 0.3 is 0 Å². The molecule has 2 nitrogen and oxygen atoms in total. The molecule has 1 fully saturated rings. The number of nitrogens with zero attached hydrogens (tertiary/aromatic N) is 1. The van der Waals surface area contributed by atoms with E-state index in [1.165, 1.54) is 5.56 Å². The molecule has 1 aromatic carbocycles. The van der Waals surface area contributed by atoms with Crippen LogP contribution in [0.3, 0.4) is 0 Å². The Hall–Kier alpha value is -0.830. The van der Waals surface area contributed by atoms with Crippen molar-refractivity contribution in [3.05, 3.63) is 28.2 Å². The van der Waals surface area contributed by atoms with E-state index < -0.39 is 0 Å². The van der Waals surface area contributed by atoms with Gasteiger partial charge in [0.15, 0.2) is 0 Å². The van der Waals surface area contributed by atoms with Crippen molar-refractivity contribution in [2.75, 3.05) is 4.90 Å². The van der Waals surface area contributed by atoms with E-state index in [0.29, 0.717) is 0 Å². The second kappa shape index (κ2) is 1.50. The summed E-state index contributed by atoms with van der Waals surface area (Å²) in [5.74, 6) is 0.248. The number of rotatable bonds is 0. The second-order valence-corrected chi connectivity index (χ2v) is 3.73. The Morgan fingerprint density at radius 1 is 1.45 bits per heavy atom. The maximum Gasteiger partial charge on any atom is 0.255 e. The zero-order chi connectivity index (χ0) is 7.59. The largest absolute Gasteiger partial charge is 0.293 e. The number of anilines is 1. The predicted molar refractivity (Wildman–Crippen MR) is 44.4 cm³/mol. The SMILES string of the molecule is O=C1C2c3cc(Br)ccc3N12. The van der Waals surface area contributed by atoms with E-state index in [9.17, 15) is 4.79 Å². The van der Waals surface area contributed by atoms with Crippen LogP contribution in [0.25, 0.3) is 0 Å². The zero-order valence-corrected chi connectivity index (χ0v) is 7.13. The Bertz CT molecular complexity index is 374. The monoisotopic (exact) mass is 209 g/mol. The Morgan fingerprint density at radius 3 is 3.09 bits per heavy atom. The van der Waals surface area contributed by atoms with Crippen LogP contribution in [0.1, 0.15) is 11.6 Å². The van der Waals surface area contributed by atoms with Crippen molar-refractivity contribution in [1.29, 1.82) is 0 Å². The quantitative estimate of drug-likeness (QED) is 0.598. The molecule has 1 unspecified atom stereocenters. The van der Waals surface area contributed by atoms with Gasteiger partial charge in [-0.15, -0.1) is 0 Å². The minimum Gasteiger partial charge on any atom is -0.293 e. The van der Waals surface area contributed by atoms with E-state index >= 15 is 0 Å². The number of halogens is 1. The third kappa shape index (κ3) is 0.518. The van der Waals surface area contributed by atoms with Crippen LogP contribution < -0.4 is 4.90 Å². The fourth-order valence-corrected chi connectivity index (χ4v) is 1.98. The van der Waals surface area contributed by atoms with Crippen molar-refractivity contribution >= 4 is 27.5 Å². The van der Waals surface area contributed by atoms with E-state index in [-0.39, 0.29) is 11.9 Å². The molecular weight excluding hydrogens is 206 g/mol. The summed E-state index contributed by atoms with van der Waals surface area (Å²) in [4.78, 5) is 12.8. The summed E-state index contributed by atoms with van der Waals surface area (Å²) in [7, 11) is 0. The lowest BCUT2D eigenvalue weighted by molar-refractivity contribution is -0.110. The van der Waals surface area contributed by atoms with E-state index in [1.807, 2.05) is 23.1 Å². The summed E-state index contributed by atoms with van der Waals surface area (Å²) in [5.41, 5.74) is 2.26. The van der Waals surface area contributed by atoms with Crippen molar-refractivity contribution in [1.82, 2.24) is 0 Å². The van der Waals surface area contributed by atoms with Crippen molar-refractivity contribution in [3.8, 4) is 0 Å². The first-order chi connectivity index (χ1) is 5.29. The number of amides is 1. The van der Waals surface area contributed by atoms with Crippen LogP contribution >= 0.6 is 15.9 Å². The van der Waals surface area contributed by atoms with Gasteiger partial charge in [-0.25, -0.2) is 0 Å². The summed E-state index contributed by atoms with van der Waals surface area (Å²) in [6.45, 7) is 0. The molecular formula is C8H4BrNO. The molecule has 0 bridgehead atoms. The number of carbonyl (C=O) groups excluding carboxylic acids is 1. The molecule has 0 saturated carbocycles. The van der Waals surface area contributed by atoms with Crippen molar-refractivity contribution in [2.24, 2.45) is 0 Å². The molecule has 2 heterocycles. The number of fused-ring (bicyclic) bond motifs is 4. The second-order valence-electron chi connectivity index (χ2n) is 2.81. The molecule has 0 aliphatic carbocycles. The average molecular weight is 210 g/mol. The normalized spacial score (nSPS) is 23.9. The third-order valence-corrected chi connectivity index (χ3v) is 2.70. The van der Waals surface area contributed by atoms with Gasteiger partial charge < -0.3 is 0 Å². The fourth-order valence-electron chi connectivity index (χ4n) is 1.61. The highest BCUT2D eigenvalue weighted by Gasteiger charge is 2.58. The highest BCUT2D eigenvalue weighted by molar-refractivity contribution is 9.10. The van der Waals surface area contributed by atoms with Gasteiger partial charge in [0.2, 0.25) is 0 Å². The van der Waals surface area contributed by atoms with Gasteiger partial charge in [0.25, 0.3) is 5.91 Å². The van der Waals surface area contributed by atoms with Crippen LogP contribution in [0.4, 0.5) is 5.69 Å². The summed E-state index contributed by atoms with van der Waals surface area (Å²) in [5, 5.41) is 0. The minimum atomic E-state index is 0.113. The van der Waals surface area contributed by atoms with E-state index in [0.717, 1.165) is 10.2 Å². The predicted octanol–water partition coefficient (Wildman–Crippen LogP) is 1.85. The lowest BCUT2D eigenvalue weighted by atomic mass is 10.1.